The number of benzene rings is 1. The Kier molecular flexibility index (Phi) is 7.18. The second-order valence-corrected chi connectivity index (χ2v) is 14.5. The highest BCUT2D eigenvalue weighted by atomic mass is 35.5. The third-order valence-corrected chi connectivity index (χ3v) is 11.2. The SMILES string of the molecule is CC1(C)CCC2(CC1)N[C@@H](C(=O)NC1CCC(c3n[nH]c(=O)o3)CC1)[C@H](c1ccnc(Cl)c1)[C@]21C(=O)Nc2cc(Cl)ccc21. The zero-order chi connectivity index (χ0) is 30.9. The standard InChI is InChI=1S/C32H36Cl2N6O4/c1-30(2)10-12-31(13-11-30)32(21-8-5-19(33)16-22(21)37-28(32)42)24(18-9-14-35-23(34)15-18)25(38-31)26(41)36-20-6-3-17(4-7-20)27-39-40-29(43)44-27/h5,8-9,14-17,20,24-25,38H,3-4,6-7,10-13H2,1-2H3,(H,36,41)(H,37,42)(H,40,43)/t17?,20?,24-,25+,32+/m0/s1. The molecule has 4 aliphatic rings. The van der Waals surface area contributed by atoms with E-state index in [9.17, 15) is 14.4 Å². The van der Waals surface area contributed by atoms with Crippen LogP contribution in [0, 0.1) is 5.41 Å². The lowest BCUT2D eigenvalue weighted by atomic mass is 9.53. The first-order chi connectivity index (χ1) is 21.0. The molecule has 0 bridgehead atoms. The fourth-order valence-electron chi connectivity index (χ4n) is 8.49. The summed E-state index contributed by atoms with van der Waals surface area (Å²) < 4.78 is 5.19. The topological polar surface area (TPSA) is 142 Å². The Morgan fingerprint density at radius 2 is 1.77 bits per heavy atom. The van der Waals surface area contributed by atoms with Crippen LogP contribution < -0.4 is 21.7 Å². The Balaban J connectivity index is 1.28. The van der Waals surface area contributed by atoms with E-state index in [4.69, 9.17) is 27.6 Å². The molecule has 2 aliphatic heterocycles. The van der Waals surface area contributed by atoms with Crippen LogP contribution in [0.25, 0.3) is 0 Å². The highest BCUT2D eigenvalue weighted by molar-refractivity contribution is 6.31. The van der Waals surface area contributed by atoms with E-state index in [1.165, 1.54) is 0 Å². The monoisotopic (exact) mass is 638 g/mol. The molecule has 3 aromatic rings. The predicted octanol–water partition coefficient (Wildman–Crippen LogP) is 5.19. The lowest BCUT2D eigenvalue weighted by Crippen LogP contribution is -2.61. The van der Waals surface area contributed by atoms with Crippen molar-refractivity contribution in [2.75, 3.05) is 5.32 Å². The fourth-order valence-corrected chi connectivity index (χ4v) is 8.84. The molecule has 4 heterocycles. The van der Waals surface area contributed by atoms with Gasteiger partial charge in [0.05, 0.1) is 6.04 Å². The maximum absolute atomic E-state index is 14.6. The number of hydrogen-bond acceptors (Lipinski definition) is 7. The molecule has 2 aromatic heterocycles. The number of anilines is 1. The van der Waals surface area contributed by atoms with Crippen molar-refractivity contribution >= 4 is 40.7 Å². The van der Waals surface area contributed by atoms with Crippen LogP contribution in [0.15, 0.2) is 45.7 Å². The highest BCUT2D eigenvalue weighted by Crippen LogP contribution is 2.63. The molecule has 3 fully saturated rings. The van der Waals surface area contributed by atoms with Gasteiger partial charge in [-0.15, -0.1) is 5.10 Å². The van der Waals surface area contributed by atoms with Gasteiger partial charge in [0, 0.05) is 40.3 Å². The molecule has 4 N–H and O–H groups in total. The van der Waals surface area contributed by atoms with Gasteiger partial charge in [0.25, 0.3) is 0 Å². The quantitative estimate of drug-likeness (QED) is 0.288. The number of halogens is 2. The Hall–Kier alpha value is -3.21. The highest BCUT2D eigenvalue weighted by Gasteiger charge is 2.72. The van der Waals surface area contributed by atoms with E-state index in [0.29, 0.717) is 21.8 Å². The van der Waals surface area contributed by atoms with Gasteiger partial charge in [-0.25, -0.2) is 14.9 Å². The van der Waals surface area contributed by atoms with Gasteiger partial charge in [0.2, 0.25) is 17.7 Å². The lowest BCUT2D eigenvalue weighted by Gasteiger charge is -2.50. The summed E-state index contributed by atoms with van der Waals surface area (Å²) in [4.78, 5) is 44.7. The van der Waals surface area contributed by atoms with E-state index in [0.717, 1.165) is 62.5 Å². The summed E-state index contributed by atoms with van der Waals surface area (Å²) in [5.74, 6) is -0.937. The minimum Gasteiger partial charge on any atom is -0.392 e. The zero-order valence-electron chi connectivity index (χ0n) is 24.7. The van der Waals surface area contributed by atoms with E-state index >= 15 is 0 Å². The van der Waals surface area contributed by atoms with Crippen LogP contribution in [0.4, 0.5) is 5.69 Å². The van der Waals surface area contributed by atoms with Crippen LogP contribution in [0.3, 0.4) is 0 Å². The van der Waals surface area contributed by atoms with Crippen molar-refractivity contribution in [3.05, 3.63) is 74.3 Å². The minimum absolute atomic E-state index is 0.0288. The van der Waals surface area contributed by atoms with E-state index in [1.54, 1.807) is 18.3 Å². The molecule has 0 unspecified atom stereocenters. The first-order valence-corrected chi connectivity index (χ1v) is 16.1. The van der Waals surface area contributed by atoms with E-state index in [2.05, 4.69) is 45.0 Å². The molecule has 10 nitrogen and oxygen atoms in total. The summed E-state index contributed by atoms with van der Waals surface area (Å²) in [6.45, 7) is 4.53. The van der Waals surface area contributed by atoms with Crippen molar-refractivity contribution in [3.8, 4) is 0 Å². The normalized spacial score (nSPS) is 30.3. The van der Waals surface area contributed by atoms with Crippen LogP contribution in [0.5, 0.6) is 0 Å². The third kappa shape index (κ3) is 4.68. The molecule has 1 aromatic carbocycles. The molecule has 2 saturated carbocycles. The smallest absolute Gasteiger partial charge is 0.392 e. The average molecular weight is 640 g/mol. The number of hydrogen-bond donors (Lipinski definition) is 4. The van der Waals surface area contributed by atoms with Crippen LogP contribution in [0.2, 0.25) is 10.2 Å². The van der Waals surface area contributed by atoms with Gasteiger partial charge in [0.15, 0.2) is 0 Å². The predicted molar refractivity (Wildman–Crippen MR) is 166 cm³/mol. The number of H-pyrrole nitrogens is 1. The molecule has 3 atom stereocenters. The first-order valence-electron chi connectivity index (χ1n) is 15.4. The molecule has 7 rings (SSSR count). The summed E-state index contributed by atoms with van der Waals surface area (Å²) in [6.07, 6.45) is 7.82. The second kappa shape index (κ2) is 10.7. The van der Waals surface area contributed by atoms with Gasteiger partial charge in [-0.3, -0.25) is 14.9 Å². The maximum atomic E-state index is 14.6. The second-order valence-electron chi connectivity index (χ2n) is 13.7. The molecule has 44 heavy (non-hydrogen) atoms. The summed E-state index contributed by atoms with van der Waals surface area (Å²) in [7, 11) is 0. The van der Waals surface area contributed by atoms with Gasteiger partial charge in [-0.1, -0.05) is 43.1 Å². The van der Waals surface area contributed by atoms with Gasteiger partial charge >= 0.3 is 5.76 Å². The number of amides is 2. The lowest BCUT2D eigenvalue weighted by molar-refractivity contribution is -0.125. The molecule has 2 amide bonds. The summed E-state index contributed by atoms with van der Waals surface area (Å²) in [5.41, 5.74) is 0.689. The number of aromatic amines is 1. The number of carbonyl (C=O) groups excluding carboxylic acids is 2. The van der Waals surface area contributed by atoms with E-state index in [-0.39, 0.29) is 29.2 Å². The van der Waals surface area contributed by atoms with Crippen molar-refractivity contribution in [3.63, 3.8) is 0 Å². The van der Waals surface area contributed by atoms with Crippen LogP contribution in [0.1, 0.15) is 94.1 Å². The summed E-state index contributed by atoms with van der Waals surface area (Å²) in [5, 5.41) is 17.5. The van der Waals surface area contributed by atoms with Crippen molar-refractivity contribution in [1.82, 2.24) is 25.8 Å². The number of rotatable bonds is 4. The summed E-state index contributed by atoms with van der Waals surface area (Å²) in [6, 6.07) is 8.46. The Morgan fingerprint density at radius 3 is 2.45 bits per heavy atom. The number of carbonyl (C=O) groups is 2. The van der Waals surface area contributed by atoms with Gasteiger partial charge in [0.1, 0.15) is 10.6 Å². The van der Waals surface area contributed by atoms with Crippen LogP contribution in [-0.2, 0) is 15.0 Å². The van der Waals surface area contributed by atoms with Crippen molar-refractivity contribution in [1.29, 1.82) is 0 Å². The van der Waals surface area contributed by atoms with Crippen LogP contribution >= 0.6 is 23.2 Å². The minimum atomic E-state index is -1.08. The molecule has 0 radical (unpaired) electrons. The molecule has 232 valence electrons. The molecular formula is C32H36Cl2N6O4. The van der Waals surface area contributed by atoms with Gasteiger partial charge in [-0.05, 0) is 92.2 Å². The molecule has 12 heteroatoms. The third-order valence-electron chi connectivity index (χ3n) is 10.7. The molecular weight excluding hydrogens is 603 g/mol. The summed E-state index contributed by atoms with van der Waals surface area (Å²) >= 11 is 12.9. The number of nitrogens with zero attached hydrogens (tertiary/aromatic N) is 2. The maximum Gasteiger partial charge on any atom is 0.434 e. The van der Waals surface area contributed by atoms with E-state index < -0.39 is 28.7 Å². The largest absolute Gasteiger partial charge is 0.434 e. The van der Waals surface area contributed by atoms with Crippen LogP contribution in [-0.4, -0.2) is 44.6 Å². The van der Waals surface area contributed by atoms with Gasteiger partial charge in [-0.2, -0.15) is 0 Å². The number of fused-ring (bicyclic) bond motifs is 3. The average Bonchev–Trinajstić information content (AvgIpc) is 3.64. The molecule has 1 saturated heterocycles. The fraction of sp³-hybridized carbons (Fsp3) is 0.531. The number of nitrogens with one attached hydrogen (secondary N) is 4. The van der Waals surface area contributed by atoms with Gasteiger partial charge < -0.3 is 15.1 Å². The molecule has 2 spiro atoms. The van der Waals surface area contributed by atoms with Crippen molar-refractivity contribution < 1.29 is 14.0 Å². The Morgan fingerprint density at radius 1 is 1.02 bits per heavy atom. The Bertz CT molecular complexity index is 1670. The van der Waals surface area contributed by atoms with Crippen molar-refractivity contribution in [2.45, 2.75) is 100 Å². The molecule has 2 aliphatic carbocycles. The zero-order valence-corrected chi connectivity index (χ0v) is 26.2. The first kappa shape index (κ1) is 29.5. The van der Waals surface area contributed by atoms with Crippen molar-refractivity contribution in [2.24, 2.45) is 5.41 Å². The van der Waals surface area contributed by atoms with E-state index in [1.807, 2.05) is 18.2 Å². The number of pyridine rings is 1. The Labute approximate surface area is 265 Å². The number of aromatic nitrogens is 3.